The third-order valence-electron chi connectivity index (χ3n) is 4.70. The first-order valence-electron chi connectivity index (χ1n) is 7.55. The fourth-order valence-electron chi connectivity index (χ4n) is 2.60. The molecule has 2 rings (SSSR count). The van der Waals surface area contributed by atoms with Crippen LogP contribution in [0.2, 0.25) is 0 Å². The van der Waals surface area contributed by atoms with E-state index in [0.717, 1.165) is 44.6 Å². The molecule has 0 spiro atoms. The van der Waals surface area contributed by atoms with E-state index in [2.05, 4.69) is 47.7 Å². The summed E-state index contributed by atoms with van der Waals surface area (Å²) in [4.78, 5) is 2.41. The van der Waals surface area contributed by atoms with Gasteiger partial charge in [0.15, 0.2) is 0 Å². The summed E-state index contributed by atoms with van der Waals surface area (Å²) < 4.78 is 2.05. The lowest BCUT2D eigenvalue weighted by atomic mass is 9.79. The molecule has 112 valence electrons. The topological polar surface area (TPSA) is 70.9 Å². The van der Waals surface area contributed by atoms with Gasteiger partial charge in [-0.2, -0.15) is 5.10 Å². The Hall–Kier alpha value is -1.36. The van der Waals surface area contributed by atoms with E-state index in [1.807, 2.05) is 0 Å². The van der Waals surface area contributed by atoms with Crippen molar-refractivity contribution in [3.05, 3.63) is 18.0 Å². The molecule has 1 fully saturated rings. The van der Waals surface area contributed by atoms with Gasteiger partial charge in [0.1, 0.15) is 0 Å². The molecule has 0 bridgehead atoms. The Kier molecular flexibility index (Phi) is 4.48. The van der Waals surface area contributed by atoms with Gasteiger partial charge in [-0.05, 0) is 45.3 Å². The van der Waals surface area contributed by atoms with Crippen LogP contribution in [-0.2, 0) is 6.54 Å². The van der Waals surface area contributed by atoms with Crippen molar-refractivity contribution < 1.29 is 0 Å². The third-order valence-corrected chi connectivity index (χ3v) is 4.70. The number of hydrogen-bond acceptors (Lipinski definition) is 3. The Morgan fingerprint density at radius 3 is 2.70 bits per heavy atom. The lowest BCUT2D eigenvalue weighted by Gasteiger charge is -2.38. The molecule has 0 amide bonds. The molecule has 1 aliphatic rings. The summed E-state index contributed by atoms with van der Waals surface area (Å²) in [6.07, 6.45) is 5.11. The van der Waals surface area contributed by atoms with Crippen LogP contribution in [0.5, 0.6) is 0 Å². The highest BCUT2D eigenvalue weighted by Crippen LogP contribution is 2.31. The highest BCUT2D eigenvalue weighted by Gasteiger charge is 2.32. The van der Waals surface area contributed by atoms with Gasteiger partial charge < -0.3 is 5.73 Å². The van der Waals surface area contributed by atoms with E-state index < -0.39 is 0 Å². The molecule has 20 heavy (non-hydrogen) atoms. The first-order valence-corrected chi connectivity index (χ1v) is 7.55. The van der Waals surface area contributed by atoms with Gasteiger partial charge in [0.2, 0.25) is 0 Å². The predicted molar refractivity (Wildman–Crippen MR) is 81.8 cm³/mol. The SMILES string of the molecule is CCC(C)n1ccc(CN2CCC(C)(C(=N)N)CC2)n1. The van der Waals surface area contributed by atoms with Crippen molar-refractivity contribution in [1.29, 1.82) is 5.41 Å². The Balaban J connectivity index is 1.90. The molecule has 2 heterocycles. The summed E-state index contributed by atoms with van der Waals surface area (Å²) >= 11 is 0. The summed E-state index contributed by atoms with van der Waals surface area (Å²) in [6, 6.07) is 2.58. The van der Waals surface area contributed by atoms with Crippen LogP contribution in [0.15, 0.2) is 12.3 Å². The van der Waals surface area contributed by atoms with Gasteiger partial charge in [-0.3, -0.25) is 15.0 Å². The number of nitrogens with two attached hydrogens (primary N) is 1. The number of amidine groups is 1. The maximum absolute atomic E-state index is 7.69. The monoisotopic (exact) mass is 277 g/mol. The molecule has 3 N–H and O–H groups in total. The average molecular weight is 277 g/mol. The van der Waals surface area contributed by atoms with Crippen LogP contribution in [0.4, 0.5) is 0 Å². The number of hydrogen-bond donors (Lipinski definition) is 2. The zero-order valence-corrected chi connectivity index (χ0v) is 12.9. The van der Waals surface area contributed by atoms with E-state index in [9.17, 15) is 0 Å². The fourth-order valence-corrected chi connectivity index (χ4v) is 2.60. The zero-order chi connectivity index (χ0) is 14.8. The van der Waals surface area contributed by atoms with Gasteiger partial charge in [-0.15, -0.1) is 0 Å². The van der Waals surface area contributed by atoms with Crippen molar-refractivity contribution in [3.8, 4) is 0 Å². The van der Waals surface area contributed by atoms with Gasteiger partial charge in [-0.1, -0.05) is 13.8 Å². The third kappa shape index (κ3) is 3.20. The van der Waals surface area contributed by atoms with Crippen molar-refractivity contribution in [1.82, 2.24) is 14.7 Å². The number of aromatic nitrogens is 2. The van der Waals surface area contributed by atoms with Crippen molar-refractivity contribution in [2.45, 2.75) is 52.6 Å². The highest BCUT2D eigenvalue weighted by atomic mass is 15.3. The smallest absolute Gasteiger partial charge is 0.0966 e. The highest BCUT2D eigenvalue weighted by molar-refractivity contribution is 5.83. The van der Waals surface area contributed by atoms with E-state index in [1.165, 1.54) is 0 Å². The van der Waals surface area contributed by atoms with E-state index in [0.29, 0.717) is 11.9 Å². The minimum Gasteiger partial charge on any atom is -0.387 e. The lowest BCUT2D eigenvalue weighted by molar-refractivity contribution is 0.154. The molecule has 1 unspecified atom stereocenters. The molecule has 1 saturated heterocycles. The second-order valence-corrected chi connectivity index (χ2v) is 6.29. The van der Waals surface area contributed by atoms with Crippen molar-refractivity contribution in [2.24, 2.45) is 11.1 Å². The maximum Gasteiger partial charge on any atom is 0.0966 e. The molecule has 1 atom stereocenters. The second-order valence-electron chi connectivity index (χ2n) is 6.29. The molecule has 1 aliphatic heterocycles. The largest absolute Gasteiger partial charge is 0.387 e. The van der Waals surface area contributed by atoms with E-state index in [4.69, 9.17) is 11.1 Å². The Morgan fingerprint density at radius 1 is 1.50 bits per heavy atom. The Morgan fingerprint density at radius 2 is 2.15 bits per heavy atom. The minimum absolute atomic E-state index is 0.105. The first kappa shape index (κ1) is 15.0. The number of likely N-dealkylation sites (tertiary alicyclic amines) is 1. The second kappa shape index (κ2) is 5.95. The minimum atomic E-state index is -0.105. The summed E-state index contributed by atoms with van der Waals surface area (Å²) in [5.74, 6) is 0.332. The van der Waals surface area contributed by atoms with Crippen LogP contribution in [0.3, 0.4) is 0 Å². The standard InChI is InChI=1S/C15H27N5/c1-4-12(2)20-8-5-13(18-20)11-19-9-6-15(3,7-10-19)14(16)17/h5,8,12H,4,6-7,9-11H2,1-3H3,(H3,16,17). The molecule has 0 aliphatic carbocycles. The quantitative estimate of drug-likeness (QED) is 0.641. The number of rotatable bonds is 5. The van der Waals surface area contributed by atoms with E-state index >= 15 is 0 Å². The van der Waals surface area contributed by atoms with Gasteiger partial charge in [-0.25, -0.2) is 0 Å². The number of nitrogens with zero attached hydrogens (tertiary/aromatic N) is 3. The van der Waals surface area contributed by atoms with Crippen molar-refractivity contribution >= 4 is 5.84 Å². The average Bonchev–Trinajstić information content (AvgIpc) is 2.89. The molecular formula is C15H27N5. The molecule has 5 nitrogen and oxygen atoms in total. The van der Waals surface area contributed by atoms with Crippen molar-refractivity contribution in [3.63, 3.8) is 0 Å². The zero-order valence-electron chi connectivity index (χ0n) is 12.9. The normalized spacial score (nSPS) is 20.8. The number of piperidine rings is 1. The molecule has 0 aromatic carbocycles. The Bertz CT molecular complexity index is 457. The fraction of sp³-hybridized carbons (Fsp3) is 0.733. The Labute approximate surface area is 121 Å². The molecular weight excluding hydrogens is 250 g/mol. The summed E-state index contributed by atoms with van der Waals surface area (Å²) in [5, 5.41) is 12.3. The van der Waals surface area contributed by atoms with Crippen LogP contribution in [-0.4, -0.2) is 33.6 Å². The summed E-state index contributed by atoms with van der Waals surface area (Å²) in [7, 11) is 0. The van der Waals surface area contributed by atoms with E-state index in [-0.39, 0.29) is 5.41 Å². The summed E-state index contributed by atoms with van der Waals surface area (Å²) in [5.41, 5.74) is 6.73. The summed E-state index contributed by atoms with van der Waals surface area (Å²) in [6.45, 7) is 9.36. The van der Waals surface area contributed by atoms with Gasteiger partial charge >= 0.3 is 0 Å². The first-order chi connectivity index (χ1) is 9.44. The van der Waals surface area contributed by atoms with Crippen LogP contribution in [0, 0.1) is 10.8 Å². The molecule has 5 heteroatoms. The molecule has 0 saturated carbocycles. The molecule has 0 radical (unpaired) electrons. The van der Waals surface area contributed by atoms with Gasteiger partial charge in [0.05, 0.1) is 11.5 Å². The molecule has 1 aromatic heterocycles. The van der Waals surface area contributed by atoms with Gasteiger partial charge in [0, 0.05) is 24.2 Å². The molecule has 1 aromatic rings. The number of nitrogens with one attached hydrogen (secondary N) is 1. The van der Waals surface area contributed by atoms with Crippen molar-refractivity contribution in [2.75, 3.05) is 13.1 Å². The maximum atomic E-state index is 7.69. The van der Waals surface area contributed by atoms with E-state index in [1.54, 1.807) is 0 Å². The van der Waals surface area contributed by atoms with Crippen LogP contribution in [0.1, 0.15) is 51.8 Å². The van der Waals surface area contributed by atoms with Crippen LogP contribution >= 0.6 is 0 Å². The lowest BCUT2D eigenvalue weighted by Crippen LogP contribution is -2.44. The van der Waals surface area contributed by atoms with Crippen LogP contribution < -0.4 is 5.73 Å². The van der Waals surface area contributed by atoms with Crippen LogP contribution in [0.25, 0.3) is 0 Å². The van der Waals surface area contributed by atoms with Gasteiger partial charge in [0.25, 0.3) is 0 Å². The predicted octanol–water partition coefficient (Wildman–Crippen LogP) is 2.39.